The third-order valence-electron chi connectivity index (χ3n) is 6.29. The minimum absolute atomic E-state index is 0.0313. The van der Waals surface area contributed by atoms with Gasteiger partial charge in [-0.2, -0.15) is 0 Å². The molecule has 0 spiro atoms. The van der Waals surface area contributed by atoms with Gasteiger partial charge in [-0.3, -0.25) is 9.69 Å². The second kappa shape index (κ2) is 9.43. The Morgan fingerprint density at radius 1 is 0.967 bits per heavy atom. The molecule has 2 fully saturated rings. The molecule has 30 heavy (non-hydrogen) atoms. The summed E-state index contributed by atoms with van der Waals surface area (Å²) < 4.78 is 5.75. The van der Waals surface area contributed by atoms with Crippen LogP contribution in [0.3, 0.4) is 0 Å². The van der Waals surface area contributed by atoms with Crippen LogP contribution in [0.1, 0.15) is 43.7 Å². The Labute approximate surface area is 178 Å². The van der Waals surface area contributed by atoms with E-state index in [0.717, 1.165) is 25.9 Å². The summed E-state index contributed by atoms with van der Waals surface area (Å²) in [4.78, 5) is 28.8. The highest BCUT2D eigenvalue weighted by Gasteiger charge is 2.43. The normalized spacial score (nSPS) is 21.7. The van der Waals surface area contributed by atoms with Gasteiger partial charge in [0.05, 0.1) is 0 Å². The minimum atomic E-state index is -0.263. The van der Waals surface area contributed by atoms with Gasteiger partial charge in [0.1, 0.15) is 12.4 Å². The molecule has 2 aliphatic heterocycles. The van der Waals surface area contributed by atoms with Crippen LogP contribution in [-0.4, -0.2) is 46.4 Å². The van der Waals surface area contributed by atoms with Crippen molar-refractivity contribution in [2.24, 2.45) is 0 Å². The van der Waals surface area contributed by atoms with Gasteiger partial charge in [0.2, 0.25) is 0 Å². The maximum Gasteiger partial charge on any atom is 0.410 e. The number of piperidine rings is 1. The SMILES string of the molecule is CC(COC(=O)N1C2CCC1CC(=O)C2)N(Cc1ccccc1)Cc1ccccc1. The van der Waals surface area contributed by atoms with E-state index in [4.69, 9.17) is 4.74 Å². The number of nitrogens with zero attached hydrogens (tertiary/aromatic N) is 2. The molecule has 2 bridgehead atoms. The summed E-state index contributed by atoms with van der Waals surface area (Å²) in [7, 11) is 0. The number of benzene rings is 2. The average molecular weight is 407 g/mol. The van der Waals surface area contributed by atoms with Crippen LogP contribution in [-0.2, 0) is 22.6 Å². The van der Waals surface area contributed by atoms with E-state index in [1.54, 1.807) is 0 Å². The van der Waals surface area contributed by atoms with E-state index in [-0.39, 0.29) is 30.0 Å². The number of amides is 1. The summed E-state index contributed by atoms with van der Waals surface area (Å²) in [5, 5.41) is 0. The van der Waals surface area contributed by atoms with Crippen molar-refractivity contribution in [3.8, 4) is 0 Å². The van der Waals surface area contributed by atoms with Crippen molar-refractivity contribution in [3.63, 3.8) is 0 Å². The molecule has 0 aliphatic carbocycles. The van der Waals surface area contributed by atoms with Gasteiger partial charge in [-0.1, -0.05) is 60.7 Å². The predicted molar refractivity (Wildman–Crippen MR) is 116 cm³/mol. The van der Waals surface area contributed by atoms with Gasteiger partial charge in [-0.05, 0) is 30.9 Å². The molecule has 3 atom stereocenters. The topological polar surface area (TPSA) is 49.9 Å². The molecular formula is C25H30N2O3. The first-order valence-electron chi connectivity index (χ1n) is 10.9. The molecule has 2 saturated heterocycles. The van der Waals surface area contributed by atoms with Crippen LogP contribution in [0, 0.1) is 0 Å². The third-order valence-corrected chi connectivity index (χ3v) is 6.29. The molecule has 0 saturated carbocycles. The van der Waals surface area contributed by atoms with E-state index in [9.17, 15) is 9.59 Å². The molecule has 4 rings (SSSR count). The van der Waals surface area contributed by atoms with E-state index in [2.05, 4.69) is 36.1 Å². The lowest BCUT2D eigenvalue weighted by molar-refractivity contribution is -0.123. The number of carbonyl (C=O) groups excluding carboxylic acids is 2. The molecule has 0 N–H and O–H groups in total. The predicted octanol–water partition coefficient (Wildman–Crippen LogP) is 4.41. The number of fused-ring (bicyclic) bond motifs is 2. The second-order valence-corrected chi connectivity index (χ2v) is 8.54. The van der Waals surface area contributed by atoms with E-state index < -0.39 is 0 Å². The van der Waals surface area contributed by atoms with Crippen LogP contribution in [0.25, 0.3) is 0 Å². The highest BCUT2D eigenvalue weighted by molar-refractivity contribution is 5.83. The average Bonchev–Trinajstić information content (AvgIpc) is 3.04. The smallest absolute Gasteiger partial charge is 0.410 e. The number of rotatable bonds is 7. The van der Waals surface area contributed by atoms with Crippen LogP contribution < -0.4 is 0 Å². The lowest BCUT2D eigenvalue weighted by Crippen LogP contribution is -2.48. The Morgan fingerprint density at radius 2 is 1.47 bits per heavy atom. The fraction of sp³-hybridized carbons (Fsp3) is 0.440. The van der Waals surface area contributed by atoms with Crippen LogP contribution in [0.15, 0.2) is 60.7 Å². The van der Waals surface area contributed by atoms with Crippen molar-refractivity contribution >= 4 is 11.9 Å². The van der Waals surface area contributed by atoms with Crippen LogP contribution in [0.5, 0.6) is 0 Å². The Morgan fingerprint density at radius 3 is 1.97 bits per heavy atom. The number of Topliss-reactive ketones (excluding diaryl/α,β-unsaturated/α-hetero) is 1. The first-order chi connectivity index (χ1) is 14.6. The zero-order chi connectivity index (χ0) is 20.9. The quantitative estimate of drug-likeness (QED) is 0.683. The molecule has 2 aromatic rings. The van der Waals surface area contributed by atoms with E-state index in [1.807, 2.05) is 41.3 Å². The zero-order valence-corrected chi connectivity index (χ0v) is 17.6. The number of carbonyl (C=O) groups is 2. The van der Waals surface area contributed by atoms with Gasteiger partial charge in [-0.25, -0.2) is 4.79 Å². The largest absolute Gasteiger partial charge is 0.448 e. The van der Waals surface area contributed by atoms with Gasteiger partial charge >= 0.3 is 6.09 Å². The van der Waals surface area contributed by atoms with E-state index >= 15 is 0 Å². The van der Waals surface area contributed by atoms with E-state index in [1.165, 1.54) is 11.1 Å². The highest BCUT2D eigenvalue weighted by atomic mass is 16.6. The number of ether oxygens (including phenoxy) is 1. The summed E-state index contributed by atoms with van der Waals surface area (Å²) >= 11 is 0. The van der Waals surface area contributed by atoms with Crippen LogP contribution >= 0.6 is 0 Å². The fourth-order valence-corrected chi connectivity index (χ4v) is 4.64. The monoisotopic (exact) mass is 406 g/mol. The lowest BCUT2D eigenvalue weighted by atomic mass is 10.0. The molecule has 5 heteroatoms. The molecular weight excluding hydrogens is 376 g/mol. The van der Waals surface area contributed by atoms with Crippen molar-refractivity contribution in [2.75, 3.05) is 6.61 Å². The lowest BCUT2D eigenvalue weighted by Gasteiger charge is -2.34. The van der Waals surface area contributed by atoms with E-state index in [0.29, 0.717) is 19.4 Å². The summed E-state index contributed by atoms with van der Waals surface area (Å²) in [6.45, 7) is 4.02. The maximum atomic E-state index is 12.8. The molecule has 2 heterocycles. The van der Waals surface area contributed by atoms with Crippen molar-refractivity contribution < 1.29 is 14.3 Å². The van der Waals surface area contributed by atoms with Gasteiger partial charge in [0, 0.05) is 44.1 Å². The number of hydrogen-bond donors (Lipinski definition) is 0. The minimum Gasteiger partial charge on any atom is -0.448 e. The fourth-order valence-electron chi connectivity index (χ4n) is 4.64. The standard InChI is InChI=1S/C25H30N2O3/c1-19(18-30-25(29)27-22-12-13-23(27)15-24(28)14-22)26(16-20-8-4-2-5-9-20)17-21-10-6-3-7-11-21/h2-11,19,22-23H,12-18H2,1H3. The number of hydrogen-bond acceptors (Lipinski definition) is 4. The van der Waals surface area contributed by atoms with Gasteiger partial charge < -0.3 is 9.64 Å². The van der Waals surface area contributed by atoms with Crippen LogP contribution in [0.2, 0.25) is 0 Å². The Kier molecular flexibility index (Phi) is 6.48. The molecule has 0 radical (unpaired) electrons. The zero-order valence-electron chi connectivity index (χ0n) is 17.6. The molecule has 2 aromatic carbocycles. The van der Waals surface area contributed by atoms with Gasteiger partial charge in [-0.15, -0.1) is 0 Å². The maximum absolute atomic E-state index is 12.8. The molecule has 0 aromatic heterocycles. The Balaban J connectivity index is 1.39. The van der Waals surface area contributed by atoms with Crippen molar-refractivity contribution in [1.29, 1.82) is 0 Å². The van der Waals surface area contributed by atoms with Crippen molar-refractivity contribution in [3.05, 3.63) is 71.8 Å². The Hall–Kier alpha value is -2.66. The Bertz CT molecular complexity index is 798. The van der Waals surface area contributed by atoms with Crippen LogP contribution in [0.4, 0.5) is 4.79 Å². The molecule has 5 nitrogen and oxygen atoms in total. The third kappa shape index (κ3) is 4.90. The summed E-state index contributed by atoms with van der Waals surface area (Å²) in [6, 6.07) is 20.9. The second-order valence-electron chi connectivity index (χ2n) is 8.54. The highest BCUT2D eigenvalue weighted by Crippen LogP contribution is 2.34. The summed E-state index contributed by atoms with van der Waals surface area (Å²) in [6.07, 6.45) is 2.52. The summed E-state index contributed by atoms with van der Waals surface area (Å²) in [5.74, 6) is 0.275. The molecule has 3 unspecified atom stereocenters. The molecule has 2 aliphatic rings. The summed E-state index contributed by atoms with van der Waals surface area (Å²) in [5.41, 5.74) is 2.47. The van der Waals surface area contributed by atoms with Gasteiger partial charge in [0.25, 0.3) is 0 Å². The van der Waals surface area contributed by atoms with Crippen molar-refractivity contribution in [1.82, 2.24) is 9.80 Å². The van der Waals surface area contributed by atoms with Crippen molar-refractivity contribution in [2.45, 2.75) is 63.8 Å². The number of ketones is 1. The first-order valence-corrected chi connectivity index (χ1v) is 10.9. The molecule has 158 valence electrons. The first kappa shape index (κ1) is 20.6. The van der Waals surface area contributed by atoms with Gasteiger partial charge in [0.15, 0.2) is 0 Å². The molecule has 1 amide bonds.